The fourth-order valence-electron chi connectivity index (χ4n) is 1.75. The molecule has 0 unspecified atom stereocenters. The van der Waals surface area contributed by atoms with E-state index in [-0.39, 0.29) is 5.82 Å². The molecule has 0 aliphatic rings. The maximum Gasteiger partial charge on any atom is 0.127 e. The molecule has 4 heteroatoms. The average Bonchev–Trinajstić information content (AvgIpc) is 2.74. The number of halogens is 1. The third kappa shape index (κ3) is 2.96. The van der Waals surface area contributed by atoms with Crippen molar-refractivity contribution < 1.29 is 4.39 Å². The summed E-state index contributed by atoms with van der Waals surface area (Å²) in [5.74, 6) is -0.178. The van der Waals surface area contributed by atoms with Crippen molar-refractivity contribution >= 4 is 0 Å². The topological polar surface area (TPSA) is 29.9 Å². The predicted molar refractivity (Wildman–Crippen MR) is 70.6 cm³/mol. The predicted octanol–water partition coefficient (Wildman–Crippen LogP) is 2.72. The zero-order valence-corrected chi connectivity index (χ0v) is 10.9. The van der Waals surface area contributed by atoms with E-state index < -0.39 is 0 Å². The van der Waals surface area contributed by atoms with E-state index in [2.05, 4.69) is 10.3 Å². The van der Waals surface area contributed by atoms with E-state index in [1.54, 1.807) is 12.4 Å². The summed E-state index contributed by atoms with van der Waals surface area (Å²) in [6, 6.07) is 5.45. The van der Waals surface area contributed by atoms with Gasteiger partial charge in [-0.2, -0.15) is 0 Å². The van der Waals surface area contributed by atoms with E-state index >= 15 is 0 Å². The van der Waals surface area contributed by atoms with Gasteiger partial charge >= 0.3 is 0 Å². The van der Waals surface area contributed by atoms with Crippen LogP contribution in [0.1, 0.15) is 19.4 Å². The van der Waals surface area contributed by atoms with Gasteiger partial charge in [0.05, 0.1) is 12.0 Å². The second kappa shape index (κ2) is 5.31. The summed E-state index contributed by atoms with van der Waals surface area (Å²) in [6.45, 7) is 4.62. The molecule has 0 aliphatic heterocycles. The Morgan fingerprint density at radius 2 is 2.17 bits per heavy atom. The lowest BCUT2D eigenvalue weighted by Gasteiger charge is -2.10. The van der Waals surface area contributed by atoms with Gasteiger partial charge in [0.15, 0.2) is 0 Å². The molecule has 0 bridgehead atoms. The molecule has 0 aliphatic carbocycles. The van der Waals surface area contributed by atoms with Gasteiger partial charge in [0, 0.05) is 37.0 Å². The number of aryl methyl sites for hydroxylation is 1. The molecule has 0 saturated carbocycles. The molecule has 0 saturated heterocycles. The maximum absolute atomic E-state index is 13.7. The molecule has 1 N–H and O–H groups in total. The Hall–Kier alpha value is -1.68. The first-order chi connectivity index (χ1) is 8.56. The first-order valence-electron chi connectivity index (χ1n) is 6.06. The molecular formula is C14H18FN3. The van der Waals surface area contributed by atoms with E-state index in [1.807, 2.05) is 37.7 Å². The number of hydrogen-bond acceptors (Lipinski definition) is 2. The molecule has 0 spiro atoms. The molecule has 3 nitrogen and oxygen atoms in total. The molecule has 1 aromatic heterocycles. The normalized spacial score (nSPS) is 11.2. The van der Waals surface area contributed by atoms with E-state index in [4.69, 9.17) is 0 Å². The van der Waals surface area contributed by atoms with E-state index in [9.17, 15) is 4.39 Å². The highest BCUT2D eigenvalue weighted by molar-refractivity contribution is 5.59. The van der Waals surface area contributed by atoms with Crippen molar-refractivity contribution in [2.75, 3.05) is 0 Å². The number of rotatable bonds is 4. The van der Waals surface area contributed by atoms with Crippen LogP contribution < -0.4 is 5.32 Å². The first kappa shape index (κ1) is 12.8. The Kier molecular flexibility index (Phi) is 3.77. The van der Waals surface area contributed by atoms with Gasteiger partial charge in [-0.25, -0.2) is 9.37 Å². The average molecular weight is 247 g/mol. The van der Waals surface area contributed by atoms with E-state index in [0.717, 1.165) is 11.3 Å². The fraction of sp³-hybridized carbons (Fsp3) is 0.357. The zero-order chi connectivity index (χ0) is 13.1. The van der Waals surface area contributed by atoms with Crippen molar-refractivity contribution in [3.8, 4) is 11.3 Å². The summed E-state index contributed by atoms with van der Waals surface area (Å²) in [5, 5.41) is 3.22. The van der Waals surface area contributed by atoms with Crippen LogP contribution in [0.2, 0.25) is 0 Å². The minimum atomic E-state index is -0.178. The molecular weight excluding hydrogens is 229 g/mol. The van der Waals surface area contributed by atoms with Crippen molar-refractivity contribution in [3.05, 3.63) is 42.1 Å². The van der Waals surface area contributed by atoms with Gasteiger partial charge in [0.2, 0.25) is 0 Å². The van der Waals surface area contributed by atoms with Crippen molar-refractivity contribution in [1.29, 1.82) is 0 Å². The summed E-state index contributed by atoms with van der Waals surface area (Å²) in [5.41, 5.74) is 2.48. The van der Waals surface area contributed by atoms with Crippen LogP contribution in [0.5, 0.6) is 0 Å². The maximum atomic E-state index is 13.7. The van der Waals surface area contributed by atoms with Gasteiger partial charge in [-0.15, -0.1) is 0 Å². The smallest absolute Gasteiger partial charge is 0.127 e. The molecule has 1 aromatic carbocycles. The highest BCUT2D eigenvalue weighted by atomic mass is 19.1. The summed E-state index contributed by atoms with van der Waals surface area (Å²) in [7, 11) is 1.92. The molecule has 2 aromatic rings. The Balaban J connectivity index is 2.25. The first-order valence-corrected chi connectivity index (χ1v) is 6.06. The van der Waals surface area contributed by atoms with Crippen molar-refractivity contribution in [2.45, 2.75) is 26.4 Å². The van der Waals surface area contributed by atoms with Crippen LogP contribution in [-0.4, -0.2) is 15.6 Å². The second-order valence-electron chi connectivity index (χ2n) is 4.77. The number of nitrogens with zero attached hydrogens (tertiary/aromatic N) is 2. The highest BCUT2D eigenvalue weighted by Crippen LogP contribution is 2.20. The largest absolute Gasteiger partial charge is 0.340 e. The lowest BCUT2D eigenvalue weighted by atomic mass is 10.1. The number of aromatic nitrogens is 2. The van der Waals surface area contributed by atoms with Gasteiger partial charge < -0.3 is 9.88 Å². The quantitative estimate of drug-likeness (QED) is 0.900. The zero-order valence-electron chi connectivity index (χ0n) is 10.9. The van der Waals surface area contributed by atoms with Crippen molar-refractivity contribution in [3.63, 3.8) is 0 Å². The fourth-order valence-corrected chi connectivity index (χ4v) is 1.75. The molecule has 18 heavy (non-hydrogen) atoms. The Labute approximate surface area is 107 Å². The lowest BCUT2D eigenvalue weighted by Crippen LogP contribution is -2.22. The van der Waals surface area contributed by atoms with Crippen LogP contribution in [0.3, 0.4) is 0 Å². The standard InChI is InChI=1S/C14H18FN3/c1-10(2)16-7-12-6-11(4-5-13(12)15)14-8-18(3)9-17-14/h4-6,8-10,16H,7H2,1-3H3. The van der Waals surface area contributed by atoms with Gasteiger partial charge in [0.1, 0.15) is 5.82 Å². The SMILES string of the molecule is CC(C)NCc1cc(-c2cn(C)cn2)ccc1F. The Bertz CT molecular complexity index is 532. The molecule has 0 fully saturated rings. The van der Waals surface area contributed by atoms with E-state index in [0.29, 0.717) is 18.2 Å². The third-order valence-corrected chi connectivity index (χ3v) is 2.75. The van der Waals surface area contributed by atoms with Crippen molar-refractivity contribution in [1.82, 2.24) is 14.9 Å². The van der Waals surface area contributed by atoms with Crippen molar-refractivity contribution in [2.24, 2.45) is 7.05 Å². The minimum absolute atomic E-state index is 0.178. The van der Waals surface area contributed by atoms with Gasteiger partial charge in [0.25, 0.3) is 0 Å². The highest BCUT2D eigenvalue weighted by Gasteiger charge is 2.07. The summed E-state index contributed by atoms with van der Waals surface area (Å²) >= 11 is 0. The summed E-state index contributed by atoms with van der Waals surface area (Å²) in [4.78, 5) is 4.27. The molecule has 2 rings (SSSR count). The molecule has 0 radical (unpaired) electrons. The molecule has 96 valence electrons. The molecule has 1 heterocycles. The van der Waals surface area contributed by atoms with Crippen LogP contribution in [0, 0.1) is 5.82 Å². The summed E-state index contributed by atoms with van der Waals surface area (Å²) < 4.78 is 15.6. The van der Waals surface area contributed by atoms with E-state index in [1.165, 1.54) is 6.07 Å². The Morgan fingerprint density at radius 1 is 1.39 bits per heavy atom. The number of hydrogen-bond donors (Lipinski definition) is 1. The molecule has 0 atom stereocenters. The van der Waals surface area contributed by atoms with Crippen LogP contribution in [-0.2, 0) is 13.6 Å². The minimum Gasteiger partial charge on any atom is -0.340 e. The van der Waals surface area contributed by atoms with Crippen LogP contribution in [0.15, 0.2) is 30.7 Å². The Morgan fingerprint density at radius 3 is 2.78 bits per heavy atom. The second-order valence-corrected chi connectivity index (χ2v) is 4.77. The molecule has 0 amide bonds. The van der Waals surface area contributed by atoms with Gasteiger partial charge in [-0.1, -0.05) is 13.8 Å². The number of nitrogens with one attached hydrogen (secondary N) is 1. The van der Waals surface area contributed by atoms with Crippen LogP contribution in [0.25, 0.3) is 11.3 Å². The summed E-state index contributed by atoms with van der Waals surface area (Å²) in [6.07, 6.45) is 3.66. The number of benzene rings is 1. The van der Waals surface area contributed by atoms with Gasteiger partial charge in [-0.05, 0) is 18.2 Å². The van der Waals surface area contributed by atoms with Gasteiger partial charge in [-0.3, -0.25) is 0 Å². The third-order valence-electron chi connectivity index (χ3n) is 2.75. The number of imidazole rings is 1. The lowest BCUT2D eigenvalue weighted by molar-refractivity contribution is 0.553. The monoisotopic (exact) mass is 247 g/mol. The van der Waals surface area contributed by atoms with Crippen LogP contribution in [0.4, 0.5) is 4.39 Å². The van der Waals surface area contributed by atoms with Crippen LogP contribution >= 0.6 is 0 Å².